The van der Waals surface area contributed by atoms with Crippen LogP contribution in [0.1, 0.15) is 39.0 Å². The van der Waals surface area contributed by atoms with Crippen molar-refractivity contribution in [2.45, 2.75) is 39.0 Å². The number of aliphatic carboxylic acids is 1. The maximum Gasteiger partial charge on any atom is 0.323 e. The van der Waals surface area contributed by atoms with Gasteiger partial charge < -0.3 is 10.0 Å². The quantitative estimate of drug-likeness (QED) is 0.795. The van der Waals surface area contributed by atoms with Gasteiger partial charge in [-0.25, -0.2) is 0 Å². The molecule has 2 rings (SSSR count). The summed E-state index contributed by atoms with van der Waals surface area (Å²) in [6, 6.07) is 0. The van der Waals surface area contributed by atoms with E-state index in [2.05, 4.69) is 0 Å². The number of fused-ring (bicyclic) bond motifs is 1. The minimum absolute atomic E-state index is 0.0890. The molecule has 96 valence electrons. The first-order chi connectivity index (χ1) is 8.15. The van der Waals surface area contributed by atoms with Crippen LogP contribution in [0.25, 0.3) is 0 Å². The van der Waals surface area contributed by atoms with Crippen LogP contribution < -0.4 is 0 Å². The molecule has 2 fully saturated rings. The third-order valence-corrected chi connectivity index (χ3v) is 4.07. The molecule has 0 saturated heterocycles. The highest BCUT2D eigenvalue weighted by Gasteiger charge is 2.55. The van der Waals surface area contributed by atoms with E-state index in [0.717, 1.165) is 19.3 Å². The smallest absolute Gasteiger partial charge is 0.323 e. The van der Waals surface area contributed by atoms with Gasteiger partial charge in [-0.15, -0.1) is 0 Å². The van der Waals surface area contributed by atoms with Crippen molar-refractivity contribution >= 4 is 11.9 Å². The van der Waals surface area contributed by atoms with Gasteiger partial charge in [0.25, 0.3) is 0 Å². The molecule has 2 aliphatic carbocycles. The average molecular weight is 239 g/mol. The normalized spacial score (nSPS) is 30.5. The van der Waals surface area contributed by atoms with Crippen LogP contribution in [0.5, 0.6) is 0 Å². The summed E-state index contributed by atoms with van der Waals surface area (Å²) in [4.78, 5) is 24.5. The Balaban J connectivity index is 1.94. The molecular formula is C13H21NO3. The van der Waals surface area contributed by atoms with E-state index in [0.29, 0.717) is 18.4 Å². The van der Waals surface area contributed by atoms with Gasteiger partial charge in [0.2, 0.25) is 5.91 Å². The average Bonchev–Trinajstić information content (AvgIpc) is 3.01. The lowest BCUT2D eigenvalue weighted by molar-refractivity contribution is -0.145. The largest absolute Gasteiger partial charge is 0.480 e. The van der Waals surface area contributed by atoms with E-state index in [1.165, 1.54) is 17.7 Å². The zero-order valence-corrected chi connectivity index (χ0v) is 10.4. The van der Waals surface area contributed by atoms with Crippen LogP contribution in [-0.4, -0.2) is 35.0 Å². The zero-order chi connectivity index (χ0) is 12.4. The topological polar surface area (TPSA) is 57.6 Å². The third kappa shape index (κ3) is 2.61. The van der Waals surface area contributed by atoms with E-state index < -0.39 is 5.97 Å². The Hall–Kier alpha value is -1.06. The summed E-state index contributed by atoms with van der Waals surface area (Å²) >= 11 is 0. The maximum atomic E-state index is 12.3. The van der Waals surface area contributed by atoms with Crippen molar-refractivity contribution in [3.05, 3.63) is 0 Å². The Morgan fingerprint density at radius 3 is 2.29 bits per heavy atom. The molecular weight excluding hydrogens is 218 g/mol. The molecule has 0 aromatic heterocycles. The molecule has 0 aliphatic heterocycles. The number of carboxylic acids is 1. The molecule has 17 heavy (non-hydrogen) atoms. The van der Waals surface area contributed by atoms with Gasteiger partial charge in [-0.05, 0) is 31.1 Å². The van der Waals surface area contributed by atoms with Gasteiger partial charge in [0.05, 0.1) is 0 Å². The monoisotopic (exact) mass is 239 g/mol. The summed E-state index contributed by atoms with van der Waals surface area (Å²) in [5.74, 6) is 0.443. The molecule has 1 amide bonds. The summed E-state index contributed by atoms with van der Waals surface area (Å²) in [6.45, 7) is 2.41. The molecule has 0 aromatic carbocycles. The molecule has 0 radical (unpaired) electrons. The highest BCUT2D eigenvalue weighted by molar-refractivity contribution is 5.85. The van der Waals surface area contributed by atoms with E-state index in [4.69, 9.17) is 5.11 Å². The van der Waals surface area contributed by atoms with Gasteiger partial charge in [-0.1, -0.05) is 19.8 Å². The number of nitrogens with zero attached hydrogens (tertiary/aromatic N) is 1. The van der Waals surface area contributed by atoms with Gasteiger partial charge >= 0.3 is 5.97 Å². The number of hydrogen-bond donors (Lipinski definition) is 1. The fraction of sp³-hybridized carbons (Fsp3) is 0.846. The lowest BCUT2D eigenvalue weighted by Crippen LogP contribution is -2.37. The Morgan fingerprint density at radius 1 is 1.24 bits per heavy atom. The van der Waals surface area contributed by atoms with Gasteiger partial charge in [-0.3, -0.25) is 9.59 Å². The minimum Gasteiger partial charge on any atom is -0.480 e. The van der Waals surface area contributed by atoms with Crippen LogP contribution >= 0.6 is 0 Å². The Morgan fingerprint density at radius 2 is 1.82 bits per heavy atom. The van der Waals surface area contributed by atoms with Gasteiger partial charge in [0.15, 0.2) is 0 Å². The lowest BCUT2D eigenvalue weighted by atomic mass is 10.0. The molecule has 2 aliphatic rings. The molecule has 4 nitrogen and oxygen atoms in total. The molecule has 4 heteroatoms. The number of rotatable bonds is 5. The van der Waals surface area contributed by atoms with Crippen molar-refractivity contribution in [2.75, 3.05) is 13.1 Å². The number of carbonyl (C=O) groups is 2. The van der Waals surface area contributed by atoms with Crippen LogP contribution in [0.15, 0.2) is 0 Å². The van der Waals surface area contributed by atoms with Crippen LogP contribution in [0.4, 0.5) is 0 Å². The second-order valence-corrected chi connectivity index (χ2v) is 5.29. The molecule has 2 atom stereocenters. The standard InChI is InChI=1S/C13H21NO3/c1-2-7-14(8-11(15)16)13(17)12-9-5-3-4-6-10(9)12/h9-10,12H,2-8H2,1H3,(H,15,16). The zero-order valence-electron chi connectivity index (χ0n) is 10.4. The lowest BCUT2D eigenvalue weighted by Gasteiger charge is -2.20. The molecule has 1 N–H and O–H groups in total. The molecule has 2 saturated carbocycles. The SMILES string of the molecule is CCCN(CC(=O)O)C(=O)C1C2CCCCC21. The first-order valence-corrected chi connectivity index (χ1v) is 6.65. The fourth-order valence-corrected chi connectivity index (χ4v) is 3.27. The van der Waals surface area contributed by atoms with Crippen LogP contribution in [0, 0.1) is 17.8 Å². The maximum absolute atomic E-state index is 12.3. The number of carboxylic acid groups (broad SMARTS) is 1. The summed E-state index contributed by atoms with van der Waals surface area (Å²) in [7, 11) is 0. The van der Waals surface area contributed by atoms with Crippen molar-refractivity contribution in [1.29, 1.82) is 0 Å². The van der Waals surface area contributed by atoms with Crippen LogP contribution in [-0.2, 0) is 9.59 Å². The predicted molar refractivity (Wildman–Crippen MR) is 63.4 cm³/mol. The molecule has 0 spiro atoms. The molecule has 0 heterocycles. The second kappa shape index (κ2) is 5.07. The molecule has 0 aromatic rings. The van der Waals surface area contributed by atoms with Gasteiger partial charge in [0, 0.05) is 12.5 Å². The van der Waals surface area contributed by atoms with E-state index in [1.807, 2.05) is 6.92 Å². The van der Waals surface area contributed by atoms with Crippen molar-refractivity contribution in [3.8, 4) is 0 Å². The van der Waals surface area contributed by atoms with Crippen LogP contribution in [0.2, 0.25) is 0 Å². The second-order valence-electron chi connectivity index (χ2n) is 5.29. The summed E-state index contributed by atoms with van der Waals surface area (Å²) < 4.78 is 0. The summed E-state index contributed by atoms with van der Waals surface area (Å²) in [5.41, 5.74) is 0. The van der Waals surface area contributed by atoms with Gasteiger partial charge in [0.1, 0.15) is 6.54 Å². The van der Waals surface area contributed by atoms with E-state index >= 15 is 0 Å². The number of carbonyl (C=O) groups excluding carboxylic acids is 1. The number of amides is 1. The number of hydrogen-bond acceptors (Lipinski definition) is 2. The highest BCUT2D eigenvalue weighted by Crippen LogP contribution is 2.56. The molecule has 2 unspecified atom stereocenters. The summed E-state index contributed by atoms with van der Waals surface area (Å²) in [5, 5.41) is 8.83. The summed E-state index contributed by atoms with van der Waals surface area (Å²) in [6.07, 6.45) is 5.61. The van der Waals surface area contributed by atoms with E-state index in [9.17, 15) is 9.59 Å². The third-order valence-electron chi connectivity index (χ3n) is 4.07. The van der Waals surface area contributed by atoms with Crippen molar-refractivity contribution in [2.24, 2.45) is 17.8 Å². The molecule has 0 bridgehead atoms. The first kappa shape index (κ1) is 12.4. The Bertz CT molecular complexity index is 304. The Kier molecular flexibility index (Phi) is 3.69. The van der Waals surface area contributed by atoms with Crippen LogP contribution in [0.3, 0.4) is 0 Å². The Labute approximate surface area is 102 Å². The van der Waals surface area contributed by atoms with Crippen molar-refractivity contribution < 1.29 is 14.7 Å². The fourth-order valence-electron chi connectivity index (χ4n) is 3.27. The predicted octanol–water partition coefficient (Wildman–Crippen LogP) is 1.75. The van der Waals surface area contributed by atoms with Gasteiger partial charge in [-0.2, -0.15) is 0 Å². The van der Waals surface area contributed by atoms with E-state index in [1.54, 1.807) is 0 Å². The van der Waals surface area contributed by atoms with Crippen molar-refractivity contribution in [3.63, 3.8) is 0 Å². The minimum atomic E-state index is -0.907. The highest BCUT2D eigenvalue weighted by atomic mass is 16.4. The van der Waals surface area contributed by atoms with E-state index in [-0.39, 0.29) is 18.4 Å². The van der Waals surface area contributed by atoms with Crippen molar-refractivity contribution in [1.82, 2.24) is 4.90 Å². The first-order valence-electron chi connectivity index (χ1n) is 6.65.